The lowest BCUT2D eigenvalue weighted by Gasteiger charge is -2.40. The van der Waals surface area contributed by atoms with Gasteiger partial charge in [0.15, 0.2) is 0 Å². The van der Waals surface area contributed by atoms with Gasteiger partial charge in [-0.3, -0.25) is 0 Å². The van der Waals surface area contributed by atoms with Gasteiger partial charge >= 0.3 is 0 Å². The van der Waals surface area contributed by atoms with Crippen molar-refractivity contribution < 1.29 is 8.42 Å². The molecule has 18 heavy (non-hydrogen) atoms. The first-order chi connectivity index (χ1) is 8.57. The van der Waals surface area contributed by atoms with E-state index in [0.29, 0.717) is 26.2 Å². The second-order valence-corrected chi connectivity index (χ2v) is 7.27. The minimum atomic E-state index is -3.32. The molecule has 2 rings (SSSR count). The normalized spacial score (nSPS) is 25.1. The molecule has 0 bridgehead atoms. The van der Waals surface area contributed by atoms with Gasteiger partial charge in [0.25, 0.3) is 10.2 Å². The van der Waals surface area contributed by atoms with Crippen molar-refractivity contribution in [3.05, 3.63) is 0 Å². The lowest BCUT2D eigenvalue weighted by Crippen LogP contribution is -2.57. The summed E-state index contributed by atoms with van der Waals surface area (Å²) in [5.74, 6) is 0. The third kappa shape index (κ3) is 2.31. The largest absolute Gasteiger partial charge is 0.329 e. The standard InChI is InChI=1S/C12H25N3O2S/c1-2-15(12(11-13)7-3-4-8-12)18(16,17)14-9-5-6-10-14/h2-11,13H2,1H3. The molecule has 5 nitrogen and oxygen atoms in total. The van der Waals surface area contributed by atoms with Crippen LogP contribution in [0.2, 0.25) is 0 Å². The number of likely N-dealkylation sites (N-methyl/N-ethyl adjacent to an activating group) is 1. The molecule has 0 spiro atoms. The van der Waals surface area contributed by atoms with Crippen molar-refractivity contribution in [2.75, 3.05) is 26.2 Å². The van der Waals surface area contributed by atoms with Crippen LogP contribution in [0.3, 0.4) is 0 Å². The highest BCUT2D eigenvalue weighted by molar-refractivity contribution is 7.86. The van der Waals surface area contributed by atoms with Gasteiger partial charge in [-0.15, -0.1) is 0 Å². The van der Waals surface area contributed by atoms with Gasteiger partial charge in [-0.1, -0.05) is 19.8 Å². The van der Waals surface area contributed by atoms with Crippen molar-refractivity contribution in [2.45, 2.75) is 51.0 Å². The van der Waals surface area contributed by atoms with Gasteiger partial charge in [-0.25, -0.2) is 0 Å². The molecule has 1 heterocycles. The van der Waals surface area contributed by atoms with Gasteiger partial charge < -0.3 is 5.73 Å². The molecule has 1 aliphatic carbocycles. The highest BCUT2D eigenvalue weighted by Crippen LogP contribution is 2.37. The summed E-state index contributed by atoms with van der Waals surface area (Å²) in [5.41, 5.74) is 5.59. The van der Waals surface area contributed by atoms with Crippen molar-refractivity contribution in [1.29, 1.82) is 0 Å². The maximum atomic E-state index is 12.7. The van der Waals surface area contributed by atoms with Crippen molar-refractivity contribution in [3.8, 4) is 0 Å². The Balaban J connectivity index is 2.26. The maximum Gasteiger partial charge on any atom is 0.282 e. The second-order valence-electron chi connectivity index (χ2n) is 5.41. The van der Waals surface area contributed by atoms with Crippen LogP contribution >= 0.6 is 0 Å². The molecule has 0 aromatic rings. The summed E-state index contributed by atoms with van der Waals surface area (Å²) in [7, 11) is -3.32. The Hall–Kier alpha value is -0.170. The van der Waals surface area contributed by atoms with Crippen LogP contribution in [-0.2, 0) is 10.2 Å². The minimum absolute atomic E-state index is 0.323. The first-order valence-corrected chi connectivity index (χ1v) is 8.44. The van der Waals surface area contributed by atoms with Crippen molar-refractivity contribution in [1.82, 2.24) is 8.61 Å². The number of rotatable bonds is 5. The van der Waals surface area contributed by atoms with E-state index in [9.17, 15) is 8.42 Å². The molecular weight excluding hydrogens is 250 g/mol. The first kappa shape index (κ1) is 14.2. The number of nitrogens with two attached hydrogens (primary N) is 1. The third-order valence-corrected chi connectivity index (χ3v) is 6.62. The maximum absolute atomic E-state index is 12.7. The average molecular weight is 275 g/mol. The van der Waals surface area contributed by atoms with Crippen LogP contribution in [0.1, 0.15) is 45.4 Å². The van der Waals surface area contributed by atoms with E-state index >= 15 is 0 Å². The van der Waals surface area contributed by atoms with E-state index in [4.69, 9.17) is 5.73 Å². The molecular formula is C12H25N3O2S. The Bertz CT molecular complexity index is 371. The third-order valence-electron chi connectivity index (χ3n) is 4.40. The molecule has 2 fully saturated rings. The predicted octanol–water partition coefficient (Wildman–Crippen LogP) is 0.920. The molecule has 2 aliphatic rings. The Kier molecular flexibility index (Phi) is 4.31. The van der Waals surface area contributed by atoms with E-state index in [1.54, 1.807) is 8.61 Å². The molecule has 0 atom stereocenters. The van der Waals surface area contributed by atoms with Crippen LogP contribution in [0.5, 0.6) is 0 Å². The van der Waals surface area contributed by atoms with Crippen LogP contribution in [-0.4, -0.2) is 48.7 Å². The summed E-state index contributed by atoms with van der Waals surface area (Å²) < 4.78 is 28.7. The van der Waals surface area contributed by atoms with Gasteiger partial charge in [0.1, 0.15) is 0 Å². The molecule has 6 heteroatoms. The summed E-state index contributed by atoms with van der Waals surface area (Å²) in [4.78, 5) is 0. The van der Waals surface area contributed by atoms with E-state index in [1.165, 1.54) is 0 Å². The van der Waals surface area contributed by atoms with E-state index < -0.39 is 10.2 Å². The fourth-order valence-electron chi connectivity index (χ4n) is 3.39. The van der Waals surface area contributed by atoms with Gasteiger partial charge in [0.2, 0.25) is 0 Å². The molecule has 1 saturated heterocycles. The van der Waals surface area contributed by atoms with Gasteiger partial charge in [-0.05, 0) is 25.7 Å². The Labute approximate surface area is 110 Å². The SMILES string of the molecule is CCN(C1(CN)CCCC1)S(=O)(=O)N1CCCC1. The summed E-state index contributed by atoms with van der Waals surface area (Å²) >= 11 is 0. The number of nitrogens with zero attached hydrogens (tertiary/aromatic N) is 2. The van der Waals surface area contributed by atoms with Crippen LogP contribution in [0.25, 0.3) is 0 Å². The molecule has 0 aromatic heterocycles. The van der Waals surface area contributed by atoms with E-state index in [0.717, 1.165) is 38.5 Å². The summed E-state index contributed by atoms with van der Waals surface area (Å²) in [5, 5.41) is 0. The lowest BCUT2D eigenvalue weighted by atomic mass is 9.98. The van der Waals surface area contributed by atoms with Gasteiger partial charge in [0, 0.05) is 31.7 Å². The highest BCUT2D eigenvalue weighted by Gasteiger charge is 2.46. The Morgan fingerprint density at radius 2 is 1.72 bits per heavy atom. The lowest BCUT2D eigenvalue weighted by molar-refractivity contribution is 0.192. The molecule has 0 unspecified atom stereocenters. The van der Waals surface area contributed by atoms with Crippen LogP contribution in [0.4, 0.5) is 0 Å². The Morgan fingerprint density at radius 3 is 2.17 bits per heavy atom. The topological polar surface area (TPSA) is 66.6 Å². The highest BCUT2D eigenvalue weighted by atomic mass is 32.2. The summed E-state index contributed by atoms with van der Waals surface area (Å²) in [6, 6.07) is 0. The second kappa shape index (κ2) is 5.45. The van der Waals surface area contributed by atoms with Crippen LogP contribution in [0.15, 0.2) is 0 Å². The van der Waals surface area contributed by atoms with Crippen molar-refractivity contribution in [2.24, 2.45) is 5.73 Å². The zero-order chi connectivity index (χ0) is 13.2. The fraction of sp³-hybridized carbons (Fsp3) is 1.00. The zero-order valence-corrected chi connectivity index (χ0v) is 12.1. The average Bonchev–Trinajstić information content (AvgIpc) is 3.01. The first-order valence-electron chi connectivity index (χ1n) is 7.05. The number of hydrogen-bond donors (Lipinski definition) is 1. The van der Waals surface area contributed by atoms with Crippen molar-refractivity contribution in [3.63, 3.8) is 0 Å². The van der Waals surface area contributed by atoms with Crippen LogP contribution in [0, 0.1) is 0 Å². The van der Waals surface area contributed by atoms with E-state index in [1.807, 2.05) is 6.92 Å². The zero-order valence-electron chi connectivity index (χ0n) is 11.3. The van der Waals surface area contributed by atoms with Gasteiger partial charge in [-0.2, -0.15) is 17.0 Å². The van der Waals surface area contributed by atoms with Crippen molar-refractivity contribution >= 4 is 10.2 Å². The molecule has 106 valence electrons. The smallest absolute Gasteiger partial charge is 0.282 e. The number of hydrogen-bond acceptors (Lipinski definition) is 3. The fourth-order valence-corrected chi connectivity index (χ4v) is 5.46. The Morgan fingerprint density at radius 1 is 1.17 bits per heavy atom. The monoisotopic (exact) mass is 275 g/mol. The predicted molar refractivity (Wildman–Crippen MR) is 72.4 cm³/mol. The van der Waals surface area contributed by atoms with Crippen LogP contribution < -0.4 is 5.73 Å². The molecule has 1 saturated carbocycles. The summed E-state index contributed by atoms with van der Waals surface area (Å²) in [6.07, 6.45) is 5.94. The quantitative estimate of drug-likeness (QED) is 0.811. The molecule has 0 aromatic carbocycles. The van der Waals surface area contributed by atoms with E-state index in [-0.39, 0.29) is 5.54 Å². The van der Waals surface area contributed by atoms with E-state index in [2.05, 4.69) is 0 Å². The molecule has 1 aliphatic heterocycles. The molecule has 0 amide bonds. The summed E-state index contributed by atoms with van der Waals surface area (Å²) in [6.45, 7) is 4.21. The molecule has 0 radical (unpaired) electrons. The van der Waals surface area contributed by atoms with Gasteiger partial charge in [0.05, 0.1) is 0 Å². The minimum Gasteiger partial charge on any atom is -0.329 e. The molecule has 2 N–H and O–H groups in total.